The zero-order chi connectivity index (χ0) is 25.1. The highest BCUT2D eigenvalue weighted by Gasteiger charge is 2.59. The van der Waals surface area contributed by atoms with Crippen molar-refractivity contribution in [3.05, 3.63) is 119 Å². The van der Waals surface area contributed by atoms with E-state index in [0.717, 1.165) is 16.7 Å². The average Bonchev–Trinajstić information content (AvgIpc) is 2.91. The van der Waals surface area contributed by atoms with Gasteiger partial charge in [-0.3, -0.25) is 14.5 Å². The summed E-state index contributed by atoms with van der Waals surface area (Å²) in [5, 5.41) is 1.89. The molecule has 2 heterocycles. The van der Waals surface area contributed by atoms with Crippen molar-refractivity contribution in [3.8, 4) is 0 Å². The Morgan fingerprint density at radius 1 is 0.944 bits per heavy atom. The van der Waals surface area contributed by atoms with Crippen molar-refractivity contribution in [1.82, 2.24) is 10.2 Å². The molecule has 1 fully saturated rings. The van der Waals surface area contributed by atoms with E-state index in [1.54, 1.807) is 0 Å². The van der Waals surface area contributed by atoms with E-state index in [1.807, 2.05) is 91.0 Å². The van der Waals surface area contributed by atoms with Crippen LogP contribution in [0.2, 0.25) is 0 Å². The predicted octanol–water partition coefficient (Wildman–Crippen LogP) is 2.86. The molecule has 2 amide bonds. The Bertz CT molecular complexity index is 1240. The van der Waals surface area contributed by atoms with E-state index in [4.69, 9.17) is 4.74 Å². The van der Waals surface area contributed by atoms with Gasteiger partial charge in [-0.25, -0.2) is 4.79 Å². The van der Waals surface area contributed by atoms with Crippen LogP contribution in [0, 0.1) is 0 Å². The number of β-lactam (4-membered cyclic amide) rings is 1. The van der Waals surface area contributed by atoms with Crippen molar-refractivity contribution in [2.24, 2.45) is 0 Å². The lowest BCUT2D eigenvalue weighted by Gasteiger charge is -2.48. The number of fused-ring (bicyclic) bond motifs is 1. The Morgan fingerprint density at radius 3 is 2.08 bits per heavy atom. The van der Waals surface area contributed by atoms with Crippen LogP contribution in [-0.2, 0) is 36.7 Å². The second kappa shape index (κ2) is 10.4. The zero-order valence-electron chi connectivity index (χ0n) is 19.3. The van der Waals surface area contributed by atoms with Crippen LogP contribution in [0.4, 0.5) is 0 Å². The van der Waals surface area contributed by atoms with E-state index in [-0.39, 0.29) is 23.8 Å². The number of nitrogens with zero attached hydrogens (tertiary/aromatic N) is 1. The Morgan fingerprint density at radius 2 is 1.50 bits per heavy atom. The molecule has 36 heavy (non-hydrogen) atoms. The minimum Gasteiger partial charge on any atom is -0.614 e. The summed E-state index contributed by atoms with van der Waals surface area (Å²) in [6.07, 6.45) is 0.899. The maximum Gasteiger partial charge on any atom is 0.356 e. The third-order valence-electron chi connectivity index (χ3n) is 6.18. The molecule has 0 saturated carbocycles. The number of carbonyl (C=O) groups excluding carboxylic acids is 3. The molecule has 3 atom stereocenters. The smallest absolute Gasteiger partial charge is 0.356 e. The number of amides is 2. The molecule has 0 bridgehead atoms. The average molecular weight is 501 g/mol. The number of hydrogen-bond acceptors (Lipinski definition) is 5. The topological polar surface area (TPSA) is 98.8 Å². The number of ether oxygens (including phenoxy) is 1. The molecule has 2 unspecified atom stereocenters. The highest BCUT2D eigenvalue weighted by atomic mass is 32.2. The van der Waals surface area contributed by atoms with Crippen LogP contribution >= 0.6 is 0 Å². The third kappa shape index (κ3) is 4.78. The second-order valence-corrected chi connectivity index (χ2v) is 10.1. The molecule has 1 N–H and O–H groups in total. The Hall–Kier alpha value is -3.88. The van der Waals surface area contributed by atoms with Crippen molar-refractivity contribution >= 4 is 29.0 Å². The third-order valence-corrected chi connectivity index (χ3v) is 7.69. The van der Waals surface area contributed by atoms with Crippen molar-refractivity contribution in [3.63, 3.8) is 0 Å². The fourth-order valence-corrected chi connectivity index (χ4v) is 5.88. The molecule has 3 aromatic carbocycles. The van der Waals surface area contributed by atoms with Crippen molar-refractivity contribution in [2.45, 2.75) is 23.9 Å². The molecule has 0 aliphatic carbocycles. The van der Waals surface area contributed by atoms with Gasteiger partial charge < -0.3 is 14.6 Å². The van der Waals surface area contributed by atoms with E-state index < -0.39 is 40.6 Å². The van der Waals surface area contributed by atoms with E-state index in [2.05, 4.69) is 5.32 Å². The Kier molecular flexibility index (Phi) is 6.88. The van der Waals surface area contributed by atoms with Gasteiger partial charge in [0.05, 0.1) is 6.42 Å². The molecular formula is C28H24N2O5S. The monoisotopic (exact) mass is 500 g/mol. The SMILES string of the molecule is O=C(Cc1ccccc1)NC1C(=O)N2C(C(=O)OC(c3ccccc3)c3ccccc3)=CC[S+]([O-])[C@H]12. The van der Waals surface area contributed by atoms with Crippen molar-refractivity contribution in [2.75, 3.05) is 5.75 Å². The minimum atomic E-state index is -1.46. The van der Waals surface area contributed by atoms with Gasteiger partial charge in [0.2, 0.25) is 11.3 Å². The van der Waals surface area contributed by atoms with Gasteiger partial charge in [0.1, 0.15) is 11.4 Å². The molecule has 0 radical (unpaired) electrons. The zero-order valence-corrected chi connectivity index (χ0v) is 20.1. The first-order valence-corrected chi connectivity index (χ1v) is 13.0. The van der Waals surface area contributed by atoms with Gasteiger partial charge >= 0.3 is 5.97 Å². The minimum absolute atomic E-state index is 0.0509. The molecule has 2 aliphatic heterocycles. The van der Waals surface area contributed by atoms with Crippen molar-refractivity contribution in [1.29, 1.82) is 0 Å². The fourth-order valence-electron chi connectivity index (χ4n) is 4.42. The van der Waals surface area contributed by atoms with Gasteiger partial charge in [-0.15, -0.1) is 0 Å². The number of esters is 1. The normalized spacial score (nSPS) is 20.7. The van der Waals surface area contributed by atoms with Gasteiger partial charge in [-0.1, -0.05) is 91.0 Å². The summed E-state index contributed by atoms with van der Waals surface area (Å²) in [7, 11) is 0. The van der Waals surface area contributed by atoms with E-state index in [0.29, 0.717) is 0 Å². The molecular weight excluding hydrogens is 476 g/mol. The van der Waals surface area contributed by atoms with Crippen molar-refractivity contribution < 1.29 is 23.7 Å². The maximum atomic E-state index is 13.3. The summed E-state index contributed by atoms with van der Waals surface area (Å²) >= 11 is -1.46. The van der Waals surface area contributed by atoms with Crippen LogP contribution < -0.4 is 5.32 Å². The first-order valence-electron chi connectivity index (χ1n) is 11.6. The summed E-state index contributed by atoms with van der Waals surface area (Å²) in [5.41, 5.74) is 2.43. The van der Waals surface area contributed by atoms with Crippen LogP contribution in [0.25, 0.3) is 0 Å². The van der Waals surface area contributed by atoms with Crippen LogP contribution in [0.3, 0.4) is 0 Å². The van der Waals surface area contributed by atoms with Crippen LogP contribution in [-0.4, -0.2) is 44.4 Å². The number of carbonyl (C=O) groups is 3. The summed E-state index contributed by atoms with van der Waals surface area (Å²) < 4.78 is 18.7. The van der Waals surface area contributed by atoms with E-state index in [1.165, 1.54) is 11.0 Å². The molecule has 0 spiro atoms. The molecule has 0 aromatic heterocycles. The Labute approximate surface area is 211 Å². The standard InChI is InChI=1S/C28H24N2O5S/c31-23(18-19-10-4-1-5-11-19)29-24-26(32)30-22(16-17-36(34)27(24)30)28(33)35-25(20-12-6-2-7-13-20)21-14-8-3-9-15-21/h1-16,24-25,27H,17-18H2,(H,29,31)/t24?,27-,36?/m1/s1. The highest BCUT2D eigenvalue weighted by molar-refractivity contribution is 7.92. The highest BCUT2D eigenvalue weighted by Crippen LogP contribution is 2.36. The number of benzene rings is 3. The number of nitrogens with one attached hydrogen (secondary N) is 1. The first kappa shape index (κ1) is 23.8. The van der Waals surface area contributed by atoms with Gasteiger partial charge in [0, 0.05) is 0 Å². The lowest BCUT2D eigenvalue weighted by Crippen LogP contribution is -2.74. The number of rotatable bonds is 7. The van der Waals surface area contributed by atoms with Gasteiger partial charge in [-0.05, 0) is 33.9 Å². The summed E-state index contributed by atoms with van der Waals surface area (Å²) in [5.74, 6) is -1.42. The quantitative estimate of drug-likeness (QED) is 0.306. The van der Waals surface area contributed by atoms with Gasteiger partial charge in [0.15, 0.2) is 12.1 Å². The molecule has 5 rings (SSSR count). The first-order chi connectivity index (χ1) is 17.5. The summed E-state index contributed by atoms with van der Waals surface area (Å²) in [4.78, 5) is 40.0. The lowest BCUT2D eigenvalue weighted by molar-refractivity contribution is -0.154. The maximum absolute atomic E-state index is 13.3. The second-order valence-electron chi connectivity index (χ2n) is 8.55. The van der Waals surface area contributed by atoms with E-state index in [9.17, 15) is 18.9 Å². The molecule has 1 saturated heterocycles. The summed E-state index contributed by atoms with van der Waals surface area (Å²) in [6, 6.07) is 26.9. The molecule has 7 nitrogen and oxygen atoms in total. The fraction of sp³-hybridized carbons (Fsp3) is 0.179. The summed E-state index contributed by atoms with van der Waals surface area (Å²) in [6.45, 7) is 0. The largest absolute Gasteiger partial charge is 0.614 e. The van der Waals surface area contributed by atoms with Gasteiger partial charge in [0.25, 0.3) is 5.91 Å². The van der Waals surface area contributed by atoms with Crippen LogP contribution in [0.5, 0.6) is 0 Å². The van der Waals surface area contributed by atoms with Crippen LogP contribution in [0.1, 0.15) is 22.8 Å². The van der Waals surface area contributed by atoms with Gasteiger partial charge in [-0.2, -0.15) is 0 Å². The molecule has 8 heteroatoms. The predicted molar refractivity (Wildman–Crippen MR) is 135 cm³/mol. The lowest BCUT2D eigenvalue weighted by atomic mass is 10.0. The number of hydrogen-bond donors (Lipinski definition) is 1. The Balaban J connectivity index is 1.31. The van der Waals surface area contributed by atoms with E-state index >= 15 is 0 Å². The molecule has 3 aromatic rings. The molecule has 2 aliphatic rings. The van der Waals surface area contributed by atoms with Crippen LogP contribution in [0.15, 0.2) is 103 Å². The molecule has 182 valence electrons.